The monoisotopic (exact) mass is 461 g/mol. The van der Waals surface area contributed by atoms with Crippen LogP contribution >= 0.6 is 11.8 Å². The number of thioether (sulfide) groups is 1. The van der Waals surface area contributed by atoms with Crippen LogP contribution in [0.5, 0.6) is 0 Å². The van der Waals surface area contributed by atoms with Gasteiger partial charge in [-0.3, -0.25) is 14.0 Å². The van der Waals surface area contributed by atoms with Crippen LogP contribution in [-0.4, -0.2) is 48.8 Å². The average molecular weight is 462 g/mol. The zero-order chi connectivity index (χ0) is 23.1. The molecule has 0 radical (unpaired) electrons. The van der Waals surface area contributed by atoms with Gasteiger partial charge in [-0.1, -0.05) is 48.5 Å². The number of fused-ring (bicyclic) bond motifs is 3. The van der Waals surface area contributed by atoms with Crippen LogP contribution in [0.15, 0.2) is 52.4 Å². The van der Waals surface area contributed by atoms with E-state index in [0.29, 0.717) is 28.0 Å². The molecule has 1 fully saturated rings. The molecular weight excluding hydrogens is 434 g/mol. The van der Waals surface area contributed by atoms with Gasteiger partial charge in [-0.15, -0.1) is 10.2 Å². The summed E-state index contributed by atoms with van der Waals surface area (Å²) in [6, 6.07) is 13.5. The minimum atomic E-state index is -0.132. The van der Waals surface area contributed by atoms with E-state index < -0.39 is 0 Å². The third kappa shape index (κ3) is 3.93. The van der Waals surface area contributed by atoms with Crippen molar-refractivity contribution in [3.63, 3.8) is 0 Å². The summed E-state index contributed by atoms with van der Waals surface area (Å²) in [5.41, 5.74) is 3.51. The van der Waals surface area contributed by atoms with Gasteiger partial charge in [0, 0.05) is 13.1 Å². The number of rotatable bonds is 4. The highest BCUT2D eigenvalue weighted by atomic mass is 32.2. The topological polar surface area (TPSA) is 72.5 Å². The predicted molar refractivity (Wildman–Crippen MR) is 131 cm³/mol. The Morgan fingerprint density at radius 3 is 2.61 bits per heavy atom. The standard InChI is InChI=1S/C25H27N5O2S/c1-16-10-12-28(13-11-16)22(31)15-33-25-27-26-24-29(20-9-8-17(2)14-18(20)3)23(32)19-6-4-5-7-21(19)30(24)25/h4-9,14,16H,10-13,15H2,1-3H3. The molecular formula is C25H27N5O2S. The van der Waals surface area contributed by atoms with E-state index in [1.807, 2.05) is 59.5 Å². The molecule has 0 aliphatic carbocycles. The first-order valence-electron chi connectivity index (χ1n) is 11.3. The Morgan fingerprint density at radius 1 is 1.09 bits per heavy atom. The zero-order valence-corrected chi connectivity index (χ0v) is 19.9. The Morgan fingerprint density at radius 2 is 1.85 bits per heavy atom. The van der Waals surface area contributed by atoms with Crippen molar-refractivity contribution in [2.24, 2.45) is 5.92 Å². The van der Waals surface area contributed by atoms with Crippen LogP contribution in [0.25, 0.3) is 22.4 Å². The van der Waals surface area contributed by atoms with Gasteiger partial charge >= 0.3 is 0 Å². The number of para-hydroxylation sites is 1. The molecule has 0 N–H and O–H groups in total. The lowest BCUT2D eigenvalue weighted by molar-refractivity contribution is -0.129. The highest BCUT2D eigenvalue weighted by Crippen LogP contribution is 2.25. The number of likely N-dealkylation sites (tertiary alicyclic amines) is 1. The minimum absolute atomic E-state index is 0.121. The first-order valence-corrected chi connectivity index (χ1v) is 12.3. The summed E-state index contributed by atoms with van der Waals surface area (Å²) in [7, 11) is 0. The van der Waals surface area contributed by atoms with Crippen LogP contribution in [0, 0.1) is 19.8 Å². The molecule has 33 heavy (non-hydrogen) atoms. The number of amides is 1. The summed E-state index contributed by atoms with van der Waals surface area (Å²) >= 11 is 1.37. The molecule has 2 aromatic heterocycles. The molecule has 5 rings (SSSR count). The van der Waals surface area contributed by atoms with Gasteiger partial charge in [-0.25, -0.2) is 4.57 Å². The Kier molecular flexibility index (Phi) is 5.70. The fraction of sp³-hybridized carbons (Fsp3) is 0.360. The molecule has 3 heterocycles. The molecule has 8 heteroatoms. The van der Waals surface area contributed by atoms with E-state index in [4.69, 9.17) is 0 Å². The summed E-state index contributed by atoms with van der Waals surface area (Å²) < 4.78 is 3.52. The maximum absolute atomic E-state index is 13.5. The number of hydrogen-bond donors (Lipinski definition) is 0. The summed E-state index contributed by atoms with van der Waals surface area (Å²) in [5.74, 6) is 1.55. The van der Waals surface area contributed by atoms with Crippen molar-refractivity contribution in [1.82, 2.24) is 24.1 Å². The van der Waals surface area contributed by atoms with Crippen LogP contribution in [0.1, 0.15) is 30.9 Å². The van der Waals surface area contributed by atoms with Gasteiger partial charge in [0.15, 0.2) is 5.16 Å². The molecule has 4 aromatic rings. The van der Waals surface area contributed by atoms with Crippen LogP contribution in [0.2, 0.25) is 0 Å². The number of hydrogen-bond acceptors (Lipinski definition) is 5. The lowest BCUT2D eigenvalue weighted by atomic mass is 9.99. The fourth-order valence-electron chi connectivity index (χ4n) is 4.52. The normalized spacial score (nSPS) is 14.9. The molecule has 0 saturated carbocycles. The Bertz CT molecular complexity index is 1420. The van der Waals surface area contributed by atoms with E-state index >= 15 is 0 Å². The molecule has 1 saturated heterocycles. The van der Waals surface area contributed by atoms with Crippen LogP contribution in [0.4, 0.5) is 0 Å². The second-order valence-electron chi connectivity index (χ2n) is 8.92. The summed E-state index contributed by atoms with van der Waals surface area (Å²) in [4.78, 5) is 28.3. The molecule has 2 aromatic carbocycles. The Hall–Kier alpha value is -3.13. The van der Waals surface area contributed by atoms with Crippen LogP contribution < -0.4 is 5.56 Å². The average Bonchev–Trinajstić information content (AvgIpc) is 3.23. The van der Waals surface area contributed by atoms with Crippen LogP contribution in [-0.2, 0) is 4.79 Å². The number of carbonyl (C=O) groups excluding carboxylic acids is 1. The van der Waals surface area contributed by atoms with Gasteiger partial charge in [0.2, 0.25) is 11.7 Å². The first-order chi connectivity index (χ1) is 15.9. The smallest absolute Gasteiger partial charge is 0.267 e. The van der Waals surface area contributed by atoms with Crippen molar-refractivity contribution in [2.75, 3.05) is 18.8 Å². The third-order valence-electron chi connectivity index (χ3n) is 6.45. The van der Waals surface area contributed by atoms with Gasteiger partial charge < -0.3 is 4.90 Å². The molecule has 7 nitrogen and oxygen atoms in total. The summed E-state index contributed by atoms with van der Waals surface area (Å²) in [6.45, 7) is 7.89. The lowest BCUT2D eigenvalue weighted by Gasteiger charge is -2.30. The Labute approximate surface area is 196 Å². The van der Waals surface area contributed by atoms with Crippen molar-refractivity contribution in [3.8, 4) is 5.69 Å². The number of piperidine rings is 1. The second kappa shape index (κ2) is 8.67. The van der Waals surface area contributed by atoms with Crippen molar-refractivity contribution in [1.29, 1.82) is 0 Å². The maximum Gasteiger partial charge on any atom is 0.267 e. The number of aryl methyl sites for hydroxylation is 2. The summed E-state index contributed by atoms with van der Waals surface area (Å²) in [5, 5.41) is 9.99. The molecule has 1 aliphatic heterocycles. The van der Waals surface area contributed by atoms with E-state index in [1.165, 1.54) is 11.8 Å². The third-order valence-corrected chi connectivity index (χ3v) is 7.36. The zero-order valence-electron chi connectivity index (χ0n) is 19.1. The highest BCUT2D eigenvalue weighted by molar-refractivity contribution is 7.99. The molecule has 0 unspecified atom stereocenters. The largest absolute Gasteiger partial charge is 0.342 e. The quantitative estimate of drug-likeness (QED) is 0.430. The molecule has 170 valence electrons. The SMILES string of the molecule is Cc1ccc(-n2c(=O)c3ccccc3n3c(SCC(=O)N4CCC(C)CC4)nnc23)c(C)c1. The van der Waals surface area contributed by atoms with E-state index in [0.717, 1.165) is 48.3 Å². The number of nitrogens with zero attached hydrogens (tertiary/aromatic N) is 5. The van der Waals surface area contributed by atoms with E-state index in [9.17, 15) is 9.59 Å². The first kappa shape index (κ1) is 21.7. The predicted octanol–water partition coefficient (Wildman–Crippen LogP) is 4.00. The second-order valence-corrected chi connectivity index (χ2v) is 9.86. The lowest BCUT2D eigenvalue weighted by Crippen LogP contribution is -2.38. The van der Waals surface area contributed by atoms with E-state index in [2.05, 4.69) is 23.2 Å². The molecule has 1 aliphatic rings. The number of carbonyl (C=O) groups is 1. The summed E-state index contributed by atoms with van der Waals surface area (Å²) in [6.07, 6.45) is 2.11. The van der Waals surface area contributed by atoms with Gasteiger partial charge in [0.1, 0.15) is 0 Å². The van der Waals surface area contributed by atoms with Crippen LogP contribution in [0.3, 0.4) is 0 Å². The van der Waals surface area contributed by atoms with Crippen molar-refractivity contribution in [3.05, 3.63) is 63.9 Å². The van der Waals surface area contributed by atoms with Crippen molar-refractivity contribution < 1.29 is 4.79 Å². The van der Waals surface area contributed by atoms with Gasteiger partial charge in [0.25, 0.3) is 5.56 Å². The van der Waals surface area contributed by atoms with E-state index in [1.54, 1.807) is 4.57 Å². The fourth-order valence-corrected chi connectivity index (χ4v) is 5.36. The highest BCUT2D eigenvalue weighted by Gasteiger charge is 2.23. The van der Waals surface area contributed by atoms with Crippen molar-refractivity contribution >= 4 is 34.3 Å². The molecule has 0 bridgehead atoms. The molecule has 1 amide bonds. The van der Waals surface area contributed by atoms with Crippen molar-refractivity contribution in [2.45, 2.75) is 38.8 Å². The number of aromatic nitrogens is 4. The Balaban J connectivity index is 1.58. The minimum Gasteiger partial charge on any atom is -0.342 e. The van der Waals surface area contributed by atoms with Gasteiger partial charge in [-0.05, 0) is 56.4 Å². The molecule has 0 spiro atoms. The van der Waals surface area contributed by atoms with E-state index in [-0.39, 0.29) is 11.5 Å². The van der Waals surface area contributed by atoms with Gasteiger partial charge in [0.05, 0.1) is 22.3 Å². The van der Waals surface area contributed by atoms with Gasteiger partial charge in [-0.2, -0.15) is 0 Å². The molecule has 0 atom stereocenters. The number of benzene rings is 2. The maximum atomic E-state index is 13.5.